The number of nitriles is 1. The van der Waals surface area contributed by atoms with Crippen molar-refractivity contribution in [2.75, 3.05) is 19.0 Å². The molecule has 0 fully saturated rings. The summed E-state index contributed by atoms with van der Waals surface area (Å²) in [5.74, 6) is 0.552. The number of carbonyl (C=O) groups excluding carboxylic acids is 1. The van der Waals surface area contributed by atoms with E-state index in [1.165, 1.54) is 19.3 Å². The number of halogens is 2. The minimum atomic E-state index is -0.589. The number of hydrogen-bond donors (Lipinski definition) is 1. The second-order valence-electron chi connectivity index (χ2n) is 5.86. The SMILES string of the molecule is CCCCOc1ccc(/C=C(/C#N)C(=O)Nc2cc(Cl)ccc2Cl)cc1OC. The van der Waals surface area contributed by atoms with Gasteiger partial charge in [0, 0.05) is 5.02 Å². The van der Waals surface area contributed by atoms with Crippen LogP contribution in [0.15, 0.2) is 42.0 Å². The molecule has 0 saturated heterocycles. The Morgan fingerprint density at radius 1 is 1.21 bits per heavy atom. The highest BCUT2D eigenvalue weighted by Crippen LogP contribution is 2.30. The monoisotopic (exact) mass is 418 g/mol. The van der Waals surface area contributed by atoms with Crippen LogP contribution >= 0.6 is 23.2 Å². The molecular weight excluding hydrogens is 399 g/mol. The highest BCUT2D eigenvalue weighted by Gasteiger charge is 2.13. The smallest absolute Gasteiger partial charge is 0.266 e. The number of anilines is 1. The van der Waals surface area contributed by atoms with Crippen LogP contribution in [-0.4, -0.2) is 19.6 Å². The predicted molar refractivity (Wildman–Crippen MR) is 112 cm³/mol. The Bertz CT molecular complexity index is 920. The van der Waals surface area contributed by atoms with Crippen molar-refractivity contribution in [2.45, 2.75) is 19.8 Å². The highest BCUT2D eigenvalue weighted by molar-refractivity contribution is 6.36. The van der Waals surface area contributed by atoms with E-state index in [-0.39, 0.29) is 5.57 Å². The van der Waals surface area contributed by atoms with E-state index >= 15 is 0 Å². The Kier molecular flexibility index (Phi) is 8.19. The van der Waals surface area contributed by atoms with E-state index in [4.69, 9.17) is 32.7 Å². The lowest BCUT2D eigenvalue weighted by Gasteiger charge is -2.11. The zero-order chi connectivity index (χ0) is 20.5. The molecule has 0 aliphatic rings. The molecule has 0 bridgehead atoms. The molecule has 1 amide bonds. The van der Waals surface area contributed by atoms with Gasteiger partial charge >= 0.3 is 0 Å². The maximum atomic E-state index is 12.4. The fourth-order valence-corrected chi connectivity index (χ4v) is 2.65. The molecule has 1 N–H and O–H groups in total. The van der Waals surface area contributed by atoms with Crippen LogP contribution < -0.4 is 14.8 Å². The molecule has 0 unspecified atom stereocenters. The summed E-state index contributed by atoms with van der Waals surface area (Å²) in [5.41, 5.74) is 0.874. The first-order valence-electron chi connectivity index (χ1n) is 8.67. The molecule has 2 aromatic rings. The van der Waals surface area contributed by atoms with E-state index < -0.39 is 5.91 Å². The second-order valence-corrected chi connectivity index (χ2v) is 6.70. The molecule has 0 spiro atoms. The molecule has 2 rings (SSSR count). The number of nitrogens with one attached hydrogen (secondary N) is 1. The number of amides is 1. The third-order valence-corrected chi connectivity index (χ3v) is 4.36. The first kappa shape index (κ1) is 21.6. The average molecular weight is 419 g/mol. The van der Waals surface area contributed by atoms with Gasteiger partial charge in [-0.1, -0.05) is 42.6 Å². The van der Waals surface area contributed by atoms with Crippen LogP contribution in [0.5, 0.6) is 11.5 Å². The molecule has 7 heteroatoms. The Labute approximate surface area is 174 Å². The standard InChI is InChI=1S/C21H20Cl2N2O3/c1-3-4-9-28-19-8-5-14(11-20(19)27-2)10-15(13-24)21(26)25-18-12-16(22)6-7-17(18)23/h5-8,10-12H,3-4,9H2,1-2H3,(H,25,26)/b15-10-. The van der Waals surface area contributed by atoms with E-state index in [1.54, 1.807) is 30.3 Å². The van der Waals surface area contributed by atoms with E-state index in [1.807, 2.05) is 6.07 Å². The van der Waals surface area contributed by atoms with Gasteiger partial charge in [-0.2, -0.15) is 5.26 Å². The van der Waals surface area contributed by atoms with Crippen LogP contribution in [0.1, 0.15) is 25.3 Å². The van der Waals surface area contributed by atoms with Crippen LogP contribution in [0.3, 0.4) is 0 Å². The van der Waals surface area contributed by atoms with Crippen LogP contribution in [0, 0.1) is 11.3 Å². The van der Waals surface area contributed by atoms with Crippen molar-refractivity contribution in [3.63, 3.8) is 0 Å². The van der Waals surface area contributed by atoms with E-state index in [0.717, 1.165) is 12.8 Å². The Morgan fingerprint density at radius 3 is 2.68 bits per heavy atom. The maximum Gasteiger partial charge on any atom is 0.266 e. The molecule has 0 atom stereocenters. The van der Waals surface area contributed by atoms with Crippen molar-refractivity contribution in [3.8, 4) is 17.6 Å². The van der Waals surface area contributed by atoms with Crippen molar-refractivity contribution < 1.29 is 14.3 Å². The first-order valence-corrected chi connectivity index (χ1v) is 9.43. The van der Waals surface area contributed by atoms with Crippen molar-refractivity contribution >= 4 is 40.9 Å². The minimum absolute atomic E-state index is 0.0854. The van der Waals surface area contributed by atoms with Crippen molar-refractivity contribution in [1.29, 1.82) is 5.26 Å². The summed E-state index contributed by atoms with van der Waals surface area (Å²) in [5, 5.41) is 12.7. The van der Waals surface area contributed by atoms with E-state index in [0.29, 0.717) is 39.4 Å². The first-order chi connectivity index (χ1) is 13.5. The molecule has 0 aromatic heterocycles. The van der Waals surface area contributed by atoms with Gasteiger partial charge in [0.25, 0.3) is 5.91 Å². The van der Waals surface area contributed by atoms with Gasteiger partial charge in [0.1, 0.15) is 11.6 Å². The quantitative estimate of drug-likeness (QED) is 0.337. The lowest BCUT2D eigenvalue weighted by molar-refractivity contribution is -0.112. The number of unbranched alkanes of at least 4 members (excludes halogenated alkanes) is 1. The van der Waals surface area contributed by atoms with Crippen molar-refractivity contribution in [1.82, 2.24) is 0 Å². The number of methoxy groups -OCH3 is 1. The van der Waals surface area contributed by atoms with Gasteiger partial charge in [-0.15, -0.1) is 0 Å². The van der Waals surface area contributed by atoms with Gasteiger partial charge in [0.2, 0.25) is 0 Å². The number of ether oxygens (including phenoxy) is 2. The molecule has 0 aliphatic heterocycles. The molecule has 0 heterocycles. The fourth-order valence-electron chi connectivity index (χ4n) is 2.32. The normalized spacial score (nSPS) is 10.9. The Balaban J connectivity index is 2.22. The summed E-state index contributed by atoms with van der Waals surface area (Å²) in [6.07, 6.45) is 3.43. The lowest BCUT2D eigenvalue weighted by Crippen LogP contribution is -2.13. The third-order valence-electron chi connectivity index (χ3n) is 3.80. The second kappa shape index (κ2) is 10.6. The van der Waals surface area contributed by atoms with E-state index in [9.17, 15) is 10.1 Å². The van der Waals surface area contributed by atoms with Crippen molar-refractivity contribution in [3.05, 3.63) is 57.6 Å². The molecular formula is C21H20Cl2N2O3. The molecule has 0 aliphatic carbocycles. The summed E-state index contributed by atoms with van der Waals surface area (Å²) < 4.78 is 11.0. The molecule has 28 heavy (non-hydrogen) atoms. The Hall–Kier alpha value is -2.68. The number of rotatable bonds is 8. The van der Waals surface area contributed by atoms with Crippen LogP contribution in [0.2, 0.25) is 10.0 Å². The van der Waals surface area contributed by atoms with Crippen LogP contribution in [-0.2, 0) is 4.79 Å². The van der Waals surface area contributed by atoms with E-state index in [2.05, 4.69) is 12.2 Å². The summed E-state index contributed by atoms with van der Waals surface area (Å²) in [4.78, 5) is 12.4. The third kappa shape index (κ3) is 5.91. The summed E-state index contributed by atoms with van der Waals surface area (Å²) in [6, 6.07) is 11.8. The summed E-state index contributed by atoms with van der Waals surface area (Å²) in [6.45, 7) is 2.67. The number of hydrogen-bond acceptors (Lipinski definition) is 4. The Morgan fingerprint density at radius 2 is 2.00 bits per heavy atom. The van der Waals surface area contributed by atoms with Gasteiger partial charge in [-0.3, -0.25) is 4.79 Å². The molecule has 5 nitrogen and oxygen atoms in total. The number of carbonyl (C=O) groups is 1. The molecule has 0 radical (unpaired) electrons. The van der Waals surface area contributed by atoms with Gasteiger partial charge in [0.15, 0.2) is 11.5 Å². The van der Waals surface area contributed by atoms with Gasteiger partial charge in [-0.25, -0.2) is 0 Å². The van der Waals surface area contributed by atoms with Gasteiger partial charge in [-0.05, 0) is 48.4 Å². The molecule has 0 saturated carbocycles. The van der Waals surface area contributed by atoms with Gasteiger partial charge < -0.3 is 14.8 Å². The fraction of sp³-hybridized carbons (Fsp3) is 0.238. The van der Waals surface area contributed by atoms with Gasteiger partial charge in [0.05, 0.1) is 24.4 Å². The highest BCUT2D eigenvalue weighted by atomic mass is 35.5. The zero-order valence-electron chi connectivity index (χ0n) is 15.6. The zero-order valence-corrected chi connectivity index (χ0v) is 17.1. The number of benzene rings is 2. The lowest BCUT2D eigenvalue weighted by atomic mass is 10.1. The van der Waals surface area contributed by atoms with Crippen LogP contribution in [0.4, 0.5) is 5.69 Å². The minimum Gasteiger partial charge on any atom is -0.493 e. The molecule has 146 valence electrons. The average Bonchev–Trinajstić information content (AvgIpc) is 2.69. The number of nitrogens with zero attached hydrogens (tertiary/aromatic N) is 1. The predicted octanol–water partition coefficient (Wildman–Crippen LogP) is 5.73. The maximum absolute atomic E-state index is 12.4. The van der Waals surface area contributed by atoms with Crippen LogP contribution in [0.25, 0.3) is 6.08 Å². The largest absolute Gasteiger partial charge is 0.493 e. The summed E-state index contributed by atoms with van der Waals surface area (Å²) >= 11 is 12.0. The molecule has 2 aromatic carbocycles. The van der Waals surface area contributed by atoms with Crippen molar-refractivity contribution in [2.24, 2.45) is 0 Å². The summed E-state index contributed by atoms with van der Waals surface area (Å²) in [7, 11) is 1.54. The topological polar surface area (TPSA) is 71.3 Å².